The summed E-state index contributed by atoms with van der Waals surface area (Å²) < 4.78 is 12.1. The summed E-state index contributed by atoms with van der Waals surface area (Å²) >= 11 is 0. The highest BCUT2D eigenvalue weighted by molar-refractivity contribution is 5.92. The Morgan fingerprint density at radius 2 is 2.11 bits per heavy atom. The highest BCUT2D eigenvalue weighted by Crippen LogP contribution is 2.37. The summed E-state index contributed by atoms with van der Waals surface area (Å²) in [5.41, 5.74) is -0.431. The molecular formula is C14H19ClN2O2. The quantitative estimate of drug-likeness (QED) is 0.926. The number of rotatable bonds is 3. The summed E-state index contributed by atoms with van der Waals surface area (Å²) in [5.74, 6) is 2.58. The number of fused-ring (bicyclic) bond motifs is 1. The van der Waals surface area contributed by atoms with Crippen molar-refractivity contribution in [2.24, 2.45) is 4.99 Å². The molecule has 1 atom stereocenters. The molecule has 2 heterocycles. The molecule has 1 unspecified atom stereocenters. The molecule has 104 valence electrons. The molecular weight excluding hydrogens is 264 g/mol. The zero-order chi connectivity index (χ0) is 12.4. The van der Waals surface area contributed by atoms with Crippen molar-refractivity contribution in [1.82, 2.24) is 5.32 Å². The molecule has 2 aliphatic rings. The van der Waals surface area contributed by atoms with E-state index in [0.29, 0.717) is 6.61 Å². The molecule has 1 N–H and O–H groups in total. The first-order chi connectivity index (χ1) is 8.84. The van der Waals surface area contributed by atoms with Gasteiger partial charge in [-0.3, -0.25) is 4.99 Å². The fourth-order valence-corrected chi connectivity index (χ4v) is 2.55. The molecule has 0 fully saturated rings. The smallest absolute Gasteiger partial charge is 0.199 e. The van der Waals surface area contributed by atoms with E-state index in [1.165, 1.54) is 0 Å². The minimum absolute atomic E-state index is 0. The predicted octanol–water partition coefficient (Wildman–Crippen LogP) is 2.42. The average molecular weight is 283 g/mol. The van der Waals surface area contributed by atoms with Gasteiger partial charge in [0.05, 0.1) is 6.54 Å². The maximum Gasteiger partial charge on any atom is 0.199 e. The number of aliphatic imine (C=N–C) groups is 1. The van der Waals surface area contributed by atoms with Crippen LogP contribution in [0.15, 0.2) is 29.3 Å². The van der Waals surface area contributed by atoms with Crippen molar-refractivity contribution in [3.63, 3.8) is 0 Å². The predicted molar refractivity (Wildman–Crippen MR) is 77.8 cm³/mol. The summed E-state index contributed by atoms with van der Waals surface area (Å²) in [6.07, 6.45) is 1.94. The number of benzene rings is 1. The molecule has 0 saturated heterocycles. The molecule has 0 radical (unpaired) electrons. The summed E-state index contributed by atoms with van der Waals surface area (Å²) in [7, 11) is 0. The van der Waals surface area contributed by atoms with Gasteiger partial charge < -0.3 is 14.8 Å². The van der Waals surface area contributed by atoms with E-state index < -0.39 is 5.60 Å². The van der Waals surface area contributed by atoms with Crippen LogP contribution in [0, 0.1) is 0 Å². The van der Waals surface area contributed by atoms with Crippen LogP contribution in [0.4, 0.5) is 0 Å². The lowest BCUT2D eigenvalue weighted by Gasteiger charge is -2.38. The van der Waals surface area contributed by atoms with Crippen LogP contribution in [0.2, 0.25) is 0 Å². The van der Waals surface area contributed by atoms with E-state index in [2.05, 4.69) is 17.2 Å². The van der Waals surface area contributed by atoms with Gasteiger partial charge in [-0.2, -0.15) is 0 Å². The highest BCUT2D eigenvalue weighted by atomic mass is 35.5. The number of nitrogens with zero attached hydrogens (tertiary/aromatic N) is 1. The number of para-hydroxylation sites is 2. The maximum absolute atomic E-state index is 6.23. The largest absolute Gasteiger partial charge is 0.485 e. The molecule has 0 spiro atoms. The first-order valence-corrected chi connectivity index (χ1v) is 6.54. The van der Waals surface area contributed by atoms with Gasteiger partial charge in [-0.05, 0) is 18.6 Å². The molecule has 3 rings (SSSR count). The van der Waals surface area contributed by atoms with Gasteiger partial charge in [0, 0.05) is 6.54 Å². The van der Waals surface area contributed by atoms with E-state index in [4.69, 9.17) is 9.47 Å². The van der Waals surface area contributed by atoms with Crippen LogP contribution in [0.25, 0.3) is 0 Å². The molecule has 5 heteroatoms. The van der Waals surface area contributed by atoms with E-state index in [9.17, 15) is 0 Å². The van der Waals surface area contributed by atoms with Crippen LogP contribution in [-0.2, 0) is 0 Å². The molecule has 0 aromatic heterocycles. The van der Waals surface area contributed by atoms with Crippen LogP contribution < -0.4 is 14.8 Å². The second-order valence-electron chi connectivity index (χ2n) is 4.74. The Hall–Kier alpha value is -1.42. The van der Waals surface area contributed by atoms with Gasteiger partial charge >= 0.3 is 0 Å². The van der Waals surface area contributed by atoms with Crippen LogP contribution in [0.1, 0.15) is 19.8 Å². The molecule has 0 bridgehead atoms. The Bertz CT molecular complexity index is 478. The number of hydrogen-bond acceptors (Lipinski definition) is 4. The number of amidine groups is 1. The molecule has 0 saturated carbocycles. The highest BCUT2D eigenvalue weighted by Gasteiger charge is 2.43. The fourth-order valence-electron chi connectivity index (χ4n) is 2.55. The topological polar surface area (TPSA) is 42.9 Å². The Labute approximate surface area is 119 Å². The number of halogens is 1. The molecule has 1 aromatic rings. The van der Waals surface area contributed by atoms with Crippen molar-refractivity contribution in [2.75, 3.05) is 19.7 Å². The molecule has 4 nitrogen and oxygen atoms in total. The van der Waals surface area contributed by atoms with Crippen LogP contribution in [0.3, 0.4) is 0 Å². The van der Waals surface area contributed by atoms with E-state index in [1.807, 2.05) is 24.3 Å². The van der Waals surface area contributed by atoms with Gasteiger partial charge in [0.1, 0.15) is 12.4 Å². The third-order valence-electron chi connectivity index (χ3n) is 3.37. The van der Waals surface area contributed by atoms with Crippen molar-refractivity contribution >= 4 is 18.2 Å². The second kappa shape index (κ2) is 5.70. The van der Waals surface area contributed by atoms with Crippen molar-refractivity contribution < 1.29 is 9.47 Å². The Morgan fingerprint density at radius 1 is 1.32 bits per heavy atom. The first-order valence-electron chi connectivity index (χ1n) is 6.54. The standard InChI is InChI=1S/C14H18N2O2.ClH/c1-2-7-14(13-15-8-9-16-13)10-17-11-5-3-4-6-12(11)18-14;/h3-6H,2,7-10H2,1H3,(H,15,16);1H. The monoisotopic (exact) mass is 282 g/mol. The second-order valence-corrected chi connectivity index (χ2v) is 4.74. The number of nitrogens with one attached hydrogen (secondary N) is 1. The zero-order valence-corrected chi connectivity index (χ0v) is 11.8. The van der Waals surface area contributed by atoms with Crippen LogP contribution in [0.5, 0.6) is 11.5 Å². The van der Waals surface area contributed by atoms with E-state index >= 15 is 0 Å². The lowest BCUT2D eigenvalue weighted by molar-refractivity contribution is 0.0364. The molecule has 2 aliphatic heterocycles. The zero-order valence-electron chi connectivity index (χ0n) is 11.0. The van der Waals surface area contributed by atoms with Crippen molar-refractivity contribution in [3.8, 4) is 11.5 Å². The number of ether oxygens (including phenoxy) is 2. The molecule has 0 amide bonds. The van der Waals surface area contributed by atoms with E-state index in [0.717, 1.165) is 43.3 Å². The average Bonchev–Trinajstić information content (AvgIpc) is 2.93. The SMILES string of the molecule is CCCC1(C2=NCCN2)COc2ccccc2O1.Cl. The van der Waals surface area contributed by atoms with E-state index in [1.54, 1.807) is 0 Å². The summed E-state index contributed by atoms with van der Waals surface area (Å²) in [6, 6.07) is 7.82. The molecule has 1 aromatic carbocycles. The van der Waals surface area contributed by atoms with Crippen molar-refractivity contribution in [2.45, 2.75) is 25.4 Å². The third-order valence-corrected chi connectivity index (χ3v) is 3.37. The molecule has 19 heavy (non-hydrogen) atoms. The summed E-state index contributed by atoms with van der Waals surface area (Å²) in [6.45, 7) is 4.41. The lowest BCUT2D eigenvalue weighted by atomic mass is 9.96. The van der Waals surface area contributed by atoms with Gasteiger partial charge in [0.15, 0.2) is 17.1 Å². The van der Waals surface area contributed by atoms with Crippen LogP contribution >= 0.6 is 12.4 Å². The van der Waals surface area contributed by atoms with Gasteiger partial charge in [-0.1, -0.05) is 25.5 Å². The minimum atomic E-state index is -0.431. The lowest BCUT2D eigenvalue weighted by Crippen LogP contribution is -2.55. The number of hydrogen-bond donors (Lipinski definition) is 1. The van der Waals surface area contributed by atoms with Crippen molar-refractivity contribution in [3.05, 3.63) is 24.3 Å². The van der Waals surface area contributed by atoms with Gasteiger partial charge in [-0.25, -0.2) is 0 Å². The third kappa shape index (κ3) is 2.50. The molecule has 0 aliphatic carbocycles. The fraction of sp³-hybridized carbons (Fsp3) is 0.500. The van der Waals surface area contributed by atoms with Crippen molar-refractivity contribution in [1.29, 1.82) is 0 Å². The van der Waals surface area contributed by atoms with Gasteiger partial charge in [0.25, 0.3) is 0 Å². The Morgan fingerprint density at radius 3 is 2.79 bits per heavy atom. The Balaban J connectivity index is 0.00000133. The summed E-state index contributed by atoms with van der Waals surface area (Å²) in [5, 5.41) is 3.33. The van der Waals surface area contributed by atoms with Gasteiger partial charge in [0.2, 0.25) is 0 Å². The normalized spacial score (nSPS) is 24.2. The van der Waals surface area contributed by atoms with Crippen LogP contribution in [-0.4, -0.2) is 31.1 Å². The summed E-state index contributed by atoms with van der Waals surface area (Å²) in [4.78, 5) is 4.52. The van der Waals surface area contributed by atoms with E-state index in [-0.39, 0.29) is 12.4 Å². The maximum atomic E-state index is 6.23. The Kier molecular flexibility index (Phi) is 4.20. The van der Waals surface area contributed by atoms with Gasteiger partial charge in [-0.15, -0.1) is 12.4 Å². The minimum Gasteiger partial charge on any atom is -0.485 e. The first kappa shape index (κ1) is 14.0.